The second-order valence-electron chi connectivity index (χ2n) is 1.99. The Morgan fingerprint density at radius 3 is 1.36 bits per heavy atom. The van der Waals surface area contributed by atoms with Crippen LogP contribution in [0.25, 0.3) is 0 Å². The van der Waals surface area contributed by atoms with Crippen LogP contribution in [-0.4, -0.2) is 45.2 Å². The standard InChI is InChI=1S/C6H10O4.Mg.2H/c7-5(8)3-1-2-4-6(9)10;;;/h1-4H2,(H,7,8)(H,9,10);;;. The molecule has 0 amide bonds. The van der Waals surface area contributed by atoms with Crippen LogP contribution < -0.4 is 0 Å². The molecule has 0 spiro atoms. The van der Waals surface area contributed by atoms with Gasteiger partial charge in [0.2, 0.25) is 0 Å². The molecule has 2 N–H and O–H groups in total. The Hall–Kier alpha value is -0.294. The zero-order chi connectivity index (χ0) is 7.98. The van der Waals surface area contributed by atoms with Crippen LogP contribution in [0.2, 0.25) is 0 Å². The van der Waals surface area contributed by atoms with Crippen LogP contribution in [0.15, 0.2) is 0 Å². The first kappa shape index (κ1) is 13.3. The van der Waals surface area contributed by atoms with Gasteiger partial charge in [-0.2, -0.15) is 0 Å². The fourth-order valence-electron chi connectivity index (χ4n) is 0.552. The summed E-state index contributed by atoms with van der Waals surface area (Å²) in [5.41, 5.74) is 0. The first-order chi connectivity index (χ1) is 4.63. The molecule has 0 saturated carbocycles. The Labute approximate surface area is 80.7 Å². The average Bonchev–Trinajstić information content (AvgIpc) is 1.79. The van der Waals surface area contributed by atoms with Gasteiger partial charge >= 0.3 is 35.0 Å². The van der Waals surface area contributed by atoms with Crippen molar-refractivity contribution in [2.75, 3.05) is 0 Å². The van der Waals surface area contributed by atoms with Crippen molar-refractivity contribution in [3.8, 4) is 0 Å². The monoisotopic (exact) mass is 172 g/mol. The van der Waals surface area contributed by atoms with Gasteiger partial charge in [-0.3, -0.25) is 9.59 Å². The van der Waals surface area contributed by atoms with E-state index in [1.54, 1.807) is 0 Å². The summed E-state index contributed by atoms with van der Waals surface area (Å²) in [6, 6.07) is 0. The van der Waals surface area contributed by atoms with E-state index in [0.29, 0.717) is 12.8 Å². The summed E-state index contributed by atoms with van der Waals surface area (Å²) in [5.74, 6) is -1.74. The van der Waals surface area contributed by atoms with Crippen molar-refractivity contribution in [1.82, 2.24) is 0 Å². The molecule has 0 saturated heterocycles. The molecule has 0 radical (unpaired) electrons. The summed E-state index contributed by atoms with van der Waals surface area (Å²) in [5, 5.41) is 16.3. The minimum absolute atomic E-state index is 0. The Bertz CT molecular complexity index is 119. The molecular weight excluding hydrogens is 160 g/mol. The van der Waals surface area contributed by atoms with Gasteiger partial charge in [-0.15, -0.1) is 0 Å². The fourth-order valence-corrected chi connectivity index (χ4v) is 0.552. The van der Waals surface area contributed by atoms with E-state index >= 15 is 0 Å². The van der Waals surface area contributed by atoms with Gasteiger partial charge in [0.1, 0.15) is 0 Å². The van der Waals surface area contributed by atoms with E-state index < -0.39 is 11.9 Å². The lowest BCUT2D eigenvalue weighted by Crippen LogP contribution is -1.97. The van der Waals surface area contributed by atoms with Gasteiger partial charge in [0, 0.05) is 12.8 Å². The molecule has 0 unspecified atom stereocenters. The van der Waals surface area contributed by atoms with E-state index in [9.17, 15) is 9.59 Å². The van der Waals surface area contributed by atoms with E-state index in [1.807, 2.05) is 0 Å². The molecule has 0 aliphatic heterocycles. The third kappa shape index (κ3) is 12.8. The number of carboxylic acids is 2. The fraction of sp³-hybridized carbons (Fsp3) is 0.667. The number of hydrogen-bond donors (Lipinski definition) is 2. The van der Waals surface area contributed by atoms with Crippen molar-refractivity contribution in [3.05, 3.63) is 0 Å². The molecule has 0 aliphatic carbocycles. The van der Waals surface area contributed by atoms with Gasteiger partial charge in [0.15, 0.2) is 0 Å². The van der Waals surface area contributed by atoms with Gasteiger partial charge in [-0.1, -0.05) is 0 Å². The molecule has 0 aliphatic rings. The van der Waals surface area contributed by atoms with Crippen LogP contribution >= 0.6 is 0 Å². The van der Waals surface area contributed by atoms with E-state index in [4.69, 9.17) is 10.2 Å². The Morgan fingerprint density at radius 1 is 0.909 bits per heavy atom. The van der Waals surface area contributed by atoms with Crippen LogP contribution in [0.5, 0.6) is 0 Å². The molecule has 0 atom stereocenters. The van der Waals surface area contributed by atoms with Crippen molar-refractivity contribution < 1.29 is 19.8 Å². The quantitative estimate of drug-likeness (QED) is 0.445. The van der Waals surface area contributed by atoms with Crippen molar-refractivity contribution >= 4 is 35.0 Å². The second kappa shape index (κ2) is 7.81. The molecule has 0 rings (SSSR count). The molecule has 11 heavy (non-hydrogen) atoms. The number of carbonyl (C=O) groups is 2. The summed E-state index contributed by atoms with van der Waals surface area (Å²) in [6.07, 6.45) is 1.02. The van der Waals surface area contributed by atoms with E-state index in [1.165, 1.54) is 0 Å². The van der Waals surface area contributed by atoms with Crippen molar-refractivity contribution in [3.63, 3.8) is 0 Å². The second-order valence-corrected chi connectivity index (χ2v) is 1.99. The van der Waals surface area contributed by atoms with E-state index in [-0.39, 0.29) is 35.9 Å². The highest BCUT2D eigenvalue weighted by Gasteiger charge is 1.99. The summed E-state index contributed by atoms with van der Waals surface area (Å²) in [4.78, 5) is 19.8. The highest BCUT2D eigenvalue weighted by atomic mass is 24.3. The average molecular weight is 172 g/mol. The molecule has 0 aromatic heterocycles. The lowest BCUT2D eigenvalue weighted by molar-refractivity contribution is -0.139. The molecule has 5 heteroatoms. The number of unbranched alkanes of at least 4 members (excludes halogenated alkanes) is 1. The minimum atomic E-state index is -0.870. The predicted molar refractivity (Wildman–Crippen MR) is 42.3 cm³/mol. The van der Waals surface area contributed by atoms with Gasteiger partial charge in [-0.05, 0) is 12.8 Å². The maximum atomic E-state index is 9.90. The molecule has 0 aromatic rings. The van der Waals surface area contributed by atoms with Crippen LogP contribution in [0.3, 0.4) is 0 Å². The molecule has 0 aromatic carbocycles. The molecular formula is C6H12MgO4. The number of carboxylic acid groups (broad SMARTS) is 2. The summed E-state index contributed by atoms with van der Waals surface area (Å²) in [6.45, 7) is 0. The van der Waals surface area contributed by atoms with Crippen LogP contribution in [0.1, 0.15) is 25.7 Å². The Kier molecular flexibility index (Phi) is 9.45. The van der Waals surface area contributed by atoms with Gasteiger partial charge in [0.25, 0.3) is 0 Å². The Balaban J connectivity index is 0. The molecule has 4 nitrogen and oxygen atoms in total. The van der Waals surface area contributed by atoms with Crippen molar-refractivity contribution in [1.29, 1.82) is 0 Å². The Morgan fingerprint density at radius 2 is 1.18 bits per heavy atom. The maximum Gasteiger partial charge on any atom is 0.316 e. The van der Waals surface area contributed by atoms with Crippen LogP contribution in [0, 0.1) is 0 Å². The minimum Gasteiger partial charge on any atom is -0.481 e. The smallest absolute Gasteiger partial charge is 0.316 e. The highest BCUT2D eigenvalue weighted by molar-refractivity contribution is 5.75. The summed E-state index contributed by atoms with van der Waals surface area (Å²) in [7, 11) is 0. The zero-order valence-electron chi connectivity index (χ0n) is 5.54. The SMILES string of the molecule is O=C(O)CCCCC(=O)O.[MgH2]. The largest absolute Gasteiger partial charge is 0.481 e. The molecule has 0 fully saturated rings. The third-order valence-corrected chi connectivity index (χ3v) is 1.03. The predicted octanol–water partition coefficient (Wildman–Crippen LogP) is -0.200. The van der Waals surface area contributed by atoms with E-state index in [0.717, 1.165) is 0 Å². The third-order valence-electron chi connectivity index (χ3n) is 1.03. The van der Waals surface area contributed by atoms with Crippen LogP contribution in [0.4, 0.5) is 0 Å². The lowest BCUT2D eigenvalue weighted by Gasteiger charge is -1.92. The van der Waals surface area contributed by atoms with Gasteiger partial charge in [0.05, 0.1) is 0 Å². The lowest BCUT2D eigenvalue weighted by atomic mass is 10.2. The van der Waals surface area contributed by atoms with Crippen molar-refractivity contribution in [2.24, 2.45) is 0 Å². The number of aliphatic carboxylic acids is 2. The zero-order valence-corrected chi connectivity index (χ0v) is 5.54. The van der Waals surface area contributed by atoms with E-state index in [2.05, 4.69) is 0 Å². The van der Waals surface area contributed by atoms with Gasteiger partial charge < -0.3 is 10.2 Å². The normalized spacial score (nSPS) is 8.36. The maximum absolute atomic E-state index is 9.90. The summed E-state index contributed by atoms with van der Waals surface area (Å²) < 4.78 is 0. The van der Waals surface area contributed by atoms with Crippen molar-refractivity contribution in [2.45, 2.75) is 25.7 Å². The topological polar surface area (TPSA) is 74.6 Å². The first-order valence-corrected chi connectivity index (χ1v) is 3.06. The summed E-state index contributed by atoms with van der Waals surface area (Å²) >= 11 is 0. The molecule has 62 valence electrons. The molecule has 0 bridgehead atoms. The molecule has 0 heterocycles. The number of rotatable bonds is 5. The van der Waals surface area contributed by atoms with Crippen LogP contribution in [-0.2, 0) is 9.59 Å². The number of hydrogen-bond acceptors (Lipinski definition) is 2. The van der Waals surface area contributed by atoms with Gasteiger partial charge in [-0.25, -0.2) is 0 Å². The highest BCUT2D eigenvalue weighted by Crippen LogP contribution is 1.98. The first-order valence-electron chi connectivity index (χ1n) is 3.06.